The van der Waals surface area contributed by atoms with Gasteiger partial charge in [0.25, 0.3) is 0 Å². The van der Waals surface area contributed by atoms with Crippen molar-refractivity contribution in [1.82, 2.24) is 0 Å². The third kappa shape index (κ3) is 4.58. The molecule has 8 rings (SSSR count). The Morgan fingerprint density at radius 1 is 0.341 bits per heavy atom. The normalized spacial score (nSPS) is 11.2. The van der Waals surface area contributed by atoms with Crippen LogP contribution in [0.1, 0.15) is 16.7 Å². The summed E-state index contributed by atoms with van der Waals surface area (Å²) >= 11 is 0. The van der Waals surface area contributed by atoms with E-state index in [-0.39, 0.29) is 0 Å². The van der Waals surface area contributed by atoms with E-state index in [0.717, 1.165) is 0 Å². The lowest BCUT2D eigenvalue weighted by molar-refractivity contribution is 1.55. The van der Waals surface area contributed by atoms with Crippen molar-refractivity contribution in [2.75, 3.05) is 0 Å². The molecule has 0 fully saturated rings. The highest BCUT2D eigenvalue weighted by atomic mass is 14.2. The molecule has 8 aromatic rings. The number of fused-ring (bicyclic) bond motifs is 3. The smallest absolute Gasteiger partial charge is 0.00201 e. The highest BCUT2D eigenvalue weighted by molar-refractivity contribution is 6.23. The predicted octanol–water partition coefficient (Wildman–Crippen LogP) is 12.1. The molecule has 0 heteroatoms. The molecule has 0 amide bonds. The molecule has 8 aromatic carbocycles. The van der Waals surface area contributed by atoms with Gasteiger partial charge in [0.1, 0.15) is 0 Å². The van der Waals surface area contributed by atoms with Gasteiger partial charge in [0.15, 0.2) is 0 Å². The van der Waals surface area contributed by atoms with Gasteiger partial charge in [-0.05, 0) is 82.9 Å². The first-order valence-electron chi connectivity index (χ1n) is 15.2. The maximum atomic E-state index is 2.30. The Bertz CT molecular complexity index is 2190. The van der Waals surface area contributed by atoms with Gasteiger partial charge in [0, 0.05) is 0 Å². The molecule has 44 heavy (non-hydrogen) atoms. The lowest BCUT2D eigenvalue weighted by Gasteiger charge is -2.19. The van der Waals surface area contributed by atoms with Gasteiger partial charge >= 0.3 is 0 Å². The Balaban J connectivity index is 1.32. The molecule has 0 spiro atoms. The van der Waals surface area contributed by atoms with E-state index < -0.39 is 0 Å². The summed E-state index contributed by atoms with van der Waals surface area (Å²) in [6, 6.07) is 63.5. The fourth-order valence-electron chi connectivity index (χ4n) is 6.65. The van der Waals surface area contributed by atoms with Crippen LogP contribution in [-0.2, 0) is 0 Å². The maximum absolute atomic E-state index is 2.30. The fraction of sp³-hybridized carbons (Fsp3) is 0. The summed E-state index contributed by atoms with van der Waals surface area (Å²) < 4.78 is 0. The van der Waals surface area contributed by atoms with Gasteiger partial charge in [-0.15, -0.1) is 0 Å². The molecule has 0 aromatic heterocycles. The minimum absolute atomic E-state index is 1.18. The lowest BCUT2D eigenvalue weighted by atomic mass is 9.84. The van der Waals surface area contributed by atoms with E-state index in [0.29, 0.717) is 0 Å². The molecule has 0 heterocycles. The number of benzene rings is 8. The molecular formula is C44H30. The molecule has 0 aliphatic rings. The Hall–Kier alpha value is -5.72. The zero-order chi connectivity index (χ0) is 29.3. The van der Waals surface area contributed by atoms with Crippen LogP contribution in [0.3, 0.4) is 0 Å². The summed E-state index contributed by atoms with van der Waals surface area (Å²) in [5.74, 6) is 0. The van der Waals surface area contributed by atoms with Crippen molar-refractivity contribution >= 4 is 44.0 Å². The Labute approximate surface area is 258 Å². The van der Waals surface area contributed by atoms with Gasteiger partial charge in [0.05, 0.1) is 0 Å². The first kappa shape index (κ1) is 25.9. The third-order valence-corrected chi connectivity index (χ3v) is 8.67. The van der Waals surface area contributed by atoms with Gasteiger partial charge in [-0.2, -0.15) is 0 Å². The molecule has 206 valence electrons. The van der Waals surface area contributed by atoms with Crippen molar-refractivity contribution in [3.8, 4) is 22.3 Å². The zero-order valence-corrected chi connectivity index (χ0v) is 24.3. The van der Waals surface area contributed by atoms with Crippen LogP contribution >= 0.6 is 0 Å². The van der Waals surface area contributed by atoms with Crippen LogP contribution in [0.25, 0.3) is 66.2 Å². The van der Waals surface area contributed by atoms with E-state index in [1.165, 1.54) is 76.8 Å². The maximum Gasteiger partial charge on any atom is -0.00201 e. The quantitative estimate of drug-likeness (QED) is 0.146. The van der Waals surface area contributed by atoms with E-state index >= 15 is 0 Å². The average Bonchev–Trinajstić information content (AvgIpc) is 3.10. The third-order valence-electron chi connectivity index (χ3n) is 8.67. The summed E-state index contributed by atoms with van der Waals surface area (Å²) in [6.07, 6.45) is 2.30. The van der Waals surface area contributed by atoms with Crippen LogP contribution < -0.4 is 0 Å². The predicted molar refractivity (Wildman–Crippen MR) is 190 cm³/mol. The highest BCUT2D eigenvalue weighted by Crippen LogP contribution is 2.45. The summed E-state index contributed by atoms with van der Waals surface area (Å²) in [5, 5.41) is 7.63. The van der Waals surface area contributed by atoms with Crippen LogP contribution in [0, 0.1) is 0 Å². The molecule has 0 saturated heterocycles. The van der Waals surface area contributed by atoms with Crippen LogP contribution in [-0.4, -0.2) is 0 Å². The average molecular weight is 559 g/mol. The van der Waals surface area contributed by atoms with E-state index in [1.807, 2.05) is 0 Å². The summed E-state index contributed by atoms with van der Waals surface area (Å²) in [6.45, 7) is 0. The second kappa shape index (κ2) is 11.2. The lowest BCUT2D eigenvalue weighted by Crippen LogP contribution is -1.92. The second-order valence-electron chi connectivity index (χ2n) is 11.3. The van der Waals surface area contributed by atoms with E-state index in [1.54, 1.807) is 0 Å². The molecule has 0 aliphatic heterocycles. The van der Waals surface area contributed by atoms with Crippen molar-refractivity contribution < 1.29 is 0 Å². The molecule has 0 bridgehead atoms. The first-order chi connectivity index (χ1) is 21.8. The number of rotatable bonds is 5. The van der Waals surface area contributed by atoms with E-state index in [9.17, 15) is 0 Å². The fourth-order valence-corrected chi connectivity index (χ4v) is 6.65. The Kier molecular flexibility index (Phi) is 6.59. The summed E-state index contributed by atoms with van der Waals surface area (Å²) in [4.78, 5) is 0. The molecule has 0 N–H and O–H groups in total. The minimum atomic E-state index is 1.18. The van der Waals surface area contributed by atoms with Gasteiger partial charge < -0.3 is 0 Å². The summed E-state index contributed by atoms with van der Waals surface area (Å²) in [5.41, 5.74) is 9.89. The summed E-state index contributed by atoms with van der Waals surface area (Å²) in [7, 11) is 0. The van der Waals surface area contributed by atoms with Crippen LogP contribution in [0.2, 0.25) is 0 Å². The Morgan fingerprint density at radius 2 is 0.795 bits per heavy atom. The molecule has 0 unspecified atom stereocenters. The van der Waals surface area contributed by atoms with Crippen LogP contribution in [0.4, 0.5) is 0 Å². The van der Waals surface area contributed by atoms with Gasteiger partial charge in [0.2, 0.25) is 0 Å². The highest BCUT2D eigenvalue weighted by Gasteiger charge is 2.17. The molecule has 0 radical (unpaired) electrons. The van der Waals surface area contributed by atoms with E-state index in [4.69, 9.17) is 0 Å². The van der Waals surface area contributed by atoms with Crippen molar-refractivity contribution in [3.05, 3.63) is 193 Å². The topological polar surface area (TPSA) is 0 Å². The zero-order valence-electron chi connectivity index (χ0n) is 24.3. The minimum Gasteiger partial charge on any atom is -0.0622 e. The Morgan fingerprint density at radius 3 is 1.36 bits per heavy atom. The largest absolute Gasteiger partial charge is 0.0622 e. The number of hydrogen-bond acceptors (Lipinski definition) is 0. The molecule has 0 atom stereocenters. The number of hydrogen-bond donors (Lipinski definition) is 0. The first-order valence-corrected chi connectivity index (χ1v) is 15.2. The van der Waals surface area contributed by atoms with Crippen LogP contribution in [0.15, 0.2) is 176 Å². The van der Waals surface area contributed by atoms with Gasteiger partial charge in [-0.25, -0.2) is 0 Å². The van der Waals surface area contributed by atoms with Crippen molar-refractivity contribution in [3.63, 3.8) is 0 Å². The molecular weight excluding hydrogens is 528 g/mol. The van der Waals surface area contributed by atoms with Crippen molar-refractivity contribution in [1.29, 1.82) is 0 Å². The molecule has 0 saturated carbocycles. The van der Waals surface area contributed by atoms with Crippen LogP contribution in [0.5, 0.6) is 0 Å². The molecule has 0 nitrogen and oxygen atoms in total. The molecule has 0 aliphatic carbocycles. The van der Waals surface area contributed by atoms with E-state index in [2.05, 4.69) is 182 Å². The SMILES string of the molecule is C(=C(c1ccccc1)c1ccccc1)c1ccc(-c2c3ccccc3c(-c3cccc4ccccc34)c3ccccc23)cc1. The monoisotopic (exact) mass is 558 g/mol. The van der Waals surface area contributed by atoms with Gasteiger partial charge in [-0.1, -0.05) is 176 Å². The van der Waals surface area contributed by atoms with Gasteiger partial charge in [-0.3, -0.25) is 0 Å². The van der Waals surface area contributed by atoms with Crippen molar-refractivity contribution in [2.24, 2.45) is 0 Å². The second-order valence-corrected chi connectivity index (χ2v) is 11.3. The standard InChI is InChI=1S/C44H30/c1-3-14-33(15-4-1)42(34-16-5-2-6-17-34)30-31-26-28-35(29-27-31)43-38-21-9-11-23-40(38)44(41-24-12-10-22-39(41)43)37-25-13-19-32-18-7-8-20-36(32)37/h1-30H. The van der Waals surface area contributed by atoms with Crippen molar-refractivity contribution in [2.45, 2.75) is 0 Å².